The number of ether oxygens (including phenoxy) is 1. The predicted octanol–water partition coefficient (Wildman–Crippen LogP) is 2.37. The summed E-state index contributed by atoms with van der Waals surface area (Å²) in [6.45, 7) is 3.25. The van der Waals surface area contributed by atoms with Crippen molar-refractivity contribution < 1.29 is 17.9 Å². The molecule has 0 fully saturated rings. The van der Waals surface area contributed by atoms with E-state index in [-0.39, 0.29) is 0 Å². The monoisotopic (exact) mass is 350 g/mol. The largest absolute Gasteiger partial charge is 0.446 e. The third-order valence-corrected chi connectivity index (χ3v) is 3.51. The molecule has 0 aromatic heterocycles. The fourth-order valence-corrected chi connectivity index (χ4v) is 2.33. The molecule has 1 rings (SSSR count). The molecule has 0 aliphatic rings. The number of carbonyl (C=O) groups is 1. The molecule has 6 nitrogen and oxygen atoms in total. The second-order valence-corrected chi connectivity index (χ2v) is 5.97. The average molecular weight is 351 g/mol. The van der Waals surface area contributed by atoms with Gasteiger partial charge < -0.3 is 4.74 Å². The first-order chi connectivity index (χ1) is 8.82. The minimum Gasteiger partial charge on any atom is -0.446 e. The van der Waals surface area contributed by atoms with Crippen LogP contribution in [0.3, 0.4) is 0 Å². The van der Waals surface area contributed by atoms with Gasteiger partial charge in [-0.3, -0.25) is 4.72 Å². The Morgan fingerprint density at radius 2 is 1.89 bits per heavy atom. The van der Waals surface area contributed by atoms with E-state index >= 15 is 0 Å². The van der Waals surface area contributed by atoms with Gasteiger partial charge in [-0.15, -0.1) is 0 Å². The van der Waals surface area contributed by atoms with E-state index < -0.39 is 22.4 Å². The molecule has 8 heteroatoms. The highest BCUT2D eigenvalue weighted by Crippen LogP contribution is 2.12. The van der Waals surface area contributed by atoms with Crippen molar-refractivity contribution in [2.75, 3.05) is 4.72 Å². The second kappa shape index (κ2) is 6.76. The van der Waals surface area contributed by atoms with E-state index in [4.69, 9.17) is 0 Å². The van der Waals surface area contributed by atoms with Gasteiger partial charge in [0.25, 0.3) is 0 Å². The summed E-state index contributed by atoms with van der Waals surface area (Å²) in [5.41, 5.74) is 1.37. The molecule has 0 unspecified atom stereocenters. The molecule has 0 radical (unpaired) electrons. The first-order valence-corrected chi connectivity index (χ1v) is 8.09. The highest BCUT2D eigenvalue weighted by atomic mass is 79.9. The Kier molecular flexibility index (Phi) is 5.61. The molecule has 0 saturated carbocycles. The molecule has 0 aliphatic carbocycles. The fraction of sp³-hybridized carbons (Fsp3) is 0.364. The van der Waals surface area contributed by atoms with Crippen molar-refractivity contribution >= 4 is 37.9 Å². The van der Waals surface area contributed by atoms with Gasteiger partial charge in [-0.1, -0.05) is 28.1 Å². The van der Waals surface area contributed by atoms with Crippen LogP contribution in [-0.4, -0.2) is 20.6 Å². The van der Waals surface area contributed by atoms with E-state index in [0.717, 1.165) is 5.56 Å². The zero-order valence-corrected chi connectivity index (χ0v) is 12.9. The van der Waals surface area contributed by atoms with Crippen LogP contribution in [0, 0.1) is 0 Å². The standard InChI is InChI=1S/C11H15BrN2O4S/c1-8(2)18-11(15)14-19(16,17)13-10-5-3-9(7-12)4-6-10/h3-6,8,13H,7H2,1-2H3,(H,14,15). The zero-order valence-electron chi connectivity index (χ0n) is 10.5. The summed E-state index contributed by atoms with van der Waals surface area (Å²) in [6.07, 6.45) is -1.41. The number of amides is 1. The lowest BCUT2D eigenvalue weighted by Gasteiger charge is -2.11. The fourth-order valence-electron chi connectivity index (χ4n) is 1.19. The molecule has 0 aliphatic heterocycles. The number of carbonyl (C=O) groups excluding carboxylic acids is 1. The minimum absolute atomic E-state index is 0.356. The van der Waals surface area contributed by atoms with Crippen LogP contribution < -0.4 is 9.44 Å². The van der Waals surface area contributed by atoms with Crippen LogP contribution in [0.15, 0.2) is 24.3 Å². The maximum Gasteiger partial charge on any atom is 0.422 e. The van der Waals surface area contributed by atoms with Crippen LogP contribution in [0.1, 0.15) is 19.4 Å². The van der Waals surface area contributed by atoms with Crippen LogP contribution >= 0.6 is 15.9 Å². The molecule has 1 aromatic rings. The molecular weight excluding hydrogens is 336 g/mol. The SMILES string of the molecule is CC(C)OC(=O)NS(=O)(=O)Nc1ccc(CBr)cc1. The number of hydrogen-bond acceptors (Lipinski definition) is 4. The number of rotatable bonds is 5. The van der Waals surface area contributed by atoms with Gasteiger partial charge in [0, 0.05) is 5.33 Å². The third kappa shape index (κ3) is 5.93. The molecule has 2 N–H and O–H groups in total. The quantitative estimate of drug-likeness (QED) is 0.798. The van der Waals surface area contributed by atoms with E-state index in [9.17, 15) is 13.2 Å². The van der Waals surface area contributed by atoms with Crippen molar-refractivity contribution in [2.45, 2.75) is 25.3 Å². The topological polar surface area (TPSA) is 84.5 Å². The van der Waals surface area contributed by atoms with Crippen molar-refractivity contribution in [3.8, 4) is 0 Å². The lowest BCUT2D eigenvalue weighted by molar-refractivity contribution is 0.121. The molecule has 19 heavy (non-hydrogen) atoms. The summed E-state index contributed by atoms with van der Waals surface area (Å²) in [5, 5.41) is 0.680. The molecule has 106 valence electrons. The van der Waals surface area contributed by atoms with Crippen molar-refractivity contribution in [1.82, 2.24) is 4.72 Å². The minimum atomic E-state index is -3.99. The number of nitrogens with one attached hydrogen (secondary N) is 2. The maximum absolute atomic E-state index is 11.6. The Morgan fingerprint density at radius 3 is 2.37 bits per heavy atom. The lowest BCUT2D eigenvalue weighted by Crippen LogP contribution is -2.36. The van der Waals surface area contributed by atoms with Crippen molar-refractivity contribution in [3.05, 3.63) is 29.8 Å². The Hall–Kier alpha value is -1.28. The Labute approximate surface area is 120 Å². The molecule has 0 heterocycles. The van der Waals surface area contributed by atoms with E-state index in [1.807, 2.05) is 0 Å². The van der Waals surface area contributed by atoms with Crippen LogP contribution in [0.4, 0.5) is 10.5 Å². The molecule has 1 amide bonds. The van der Waals surface area contributed by atoms with Crippen LogP contribution in [0.25, 0.3) is 0 Å². The smallest absolute Gasteiger partial charge is 0.422 e. The number of anilines is 1. The Bertz CT molecular complexity index is 528. The van der Waals surface area contributed by atoms with Gasteiger partial charge in [0.2, 0.25) is 0 Å². The first kappa shape index (κ1) is 15.8. The van der Waals surface area contributed by atoms with Crippen molar-refractivity contribution in [1.29, 1.82) is 0 Å². The van der Waals surface area contributed by atoms with Crippen LogP contribution in [0.5, 0.6) is 0 Å². The van der Waals surface area contributed by atoms with Gasteiger partial charge >= 0.3 is 16.3 Å². The number of hydrogen-bond donors (Lipinski definition) is 2. The summed E-state index contributed by atoms with van der Waals surface area (Å²) < 4.78 is 31.9. The summed E-state index contributed by atoms with van der Waals surface area (Å²) in [4.78, 5) is 11.2. The highest BCUT2D eigenvalue weighted by Gasteiger charge is 2.16. The first-order valence-electron chi connectivity index (χ1n) is 5.48. The molecular formula is C11H15BrN2O4S. The number of halogens is 1. The lowest BCUT2D eigenvalue weighted by atomic mass is 10.2. The summed E-state index contributed by atoms with van der Waals surface area (Å²) in [5.74, 6) is 0. The van der Waals surface area contributed by atoms with Gasteiger partial charge in [-0.2, -0.15) is 8.42 Å². The Balaban J connectivity index is 2.65. The molecule has 0 atom stereocenters. The van der Waals surface area contributed by atoms with E-state index in [0.29, 0.717) is 11.0 Å². The van der Waals surface area contributed by atoms with Gasteiger partial charge in [0.05, 0.1) is 11.8 Å². The van der Waals surface area contributed by atoms with Gasteiger partial charge in [-0.05, 0) is 31.5 Å². The van der Waals surface area contributed by atoms with E-state index in [2.05, 4.69) is 25.4 Å². The Morgan fingerprint density at radius 1 is 1.32 bits per heavy atom. The summed E-state index contributed by atoms with van der Waals surface area (Å²) in [7, 11) is -3.99. The molecule has 0 spiro atoms. The van der Waals surface area contributed by atoms with Crippen molar-refractivity contribution in [3.63, 3.8) is 0 Å². The van der Waals surface area contributed by atoms with Gasteiger partial charge in [0.15, 0.2) is 0 Å². The number of alkyl halides is 1. The average Bonchev–Trinajstić information content (AvgIpc) is 2.27. The normalized spacial score (nSPS) is 11.2. The highest BCUT2D eigenvalue weighted by molar-refractivity contribution is 9.08. The zero-order chi connectivity index (χ0) is 14.5. The van der Waals surface area contributed by atoms with Crippen molar-refractivity contribution in [2.24, 2.45) is 0 Å². The van der Waals surface area contributed by atoms with E-state index in [1.54, 1.807) is 42.8 Å². The maximum atomic E-state index is 11.6. The molecule has 1 aromatic carbocycles. The molecule has 0 bridgehead atoms. The summed E-state index contributed by atoms with van der Waals surface area (Å²) in [6, 6.07) is 6.73. The van der Waals surface area contributed by atoms with Crippen LogP contribution in [0.2, 0.25) is 0 Å². The predicted molar refractivity (Wildman–Crippen MR) is 76.4 cm³/mol. The summed E-state index contributed by atoms with van der Waals surface area (Å²) >= 11 is 3.29. The van der Waals surface area contributed by atoms with Crippen LogP contribution in [-0.2, 0) is 20.3 Å². The second-order valence-electron chi connectivity index (χ2n) is 3.99. The van der Waals surface area contributed by atoms with E-state index in [1.165, 1.54) is 0 Å². The third-order valence-electron chi connectivity index (χ3n) is 1.92. The van der Waals surface area contributed by atoms with Gasteiger partial charge in [-0.25, -0.2) is 9.52 Å². The van der Waals surface area contributed by atoms with Gasteiger partial charge in [0.1, 0.15) is 0 Å². The molecule has 0 saturated heterocycles. The number of benzene rings is 1.